The lowest BCUT2D eigenvalue weighted by atomic mass is 9.97. The molecule has 0 N–H and O–H groups in total. The number of thiophene rings is 1. The molecule has 63 heavy (non-hydrogen) atoms. The van der Waals surface area contributed by atoms with Crippen LogP contribution in [0.3, 0.4) is 0 Å². The van der Waals surface area contributed by atoms with E-state index in [1.165, 1.54) is 108 Å². The van der Waals surface area contributed by atoms with Crippen LogP contribution in [-0.4, -0.2) is 9.13 Å². The average Bonchev–Trinajstić information content (AvgIpc) is 4.02. The number of fused-ring (bicyclic) bond motifs is 9. The van der Waals surface area contributed by atoms with E-state index < -0.39 is 0 Å². The smallest absolute Gasteiger partial charge is 0.0619 e. The first-order chi connectivity index (χ1) is 31.2. The molecule has 0 aliphatic heterocycles. The molecule has 0 saturated carbocycles. The summed E-state index contributed by atoms with van der Waals surface area (Å²) in [5, 5.41) is 7.68. The number of hydrogen-bond donors (Lipinski definition) is 0. The highest BCUT2D eigenvalue weighted by Gasteiger charge is 2.21. The van der Waals surface area contributed by atoms with Crippen LogP contribution in [0.5, 0.6) is 0 Å². The Bertz CT molecular complexity index is 3870. The van der Waals surface area contributed by atoms with Crippen LogP contribution in [0.4, 0.5) is 0 Å². The first-order valence-electron chi connectivity index (χ1n) is 21.6. The van der Waals surface area contributed by atoms with Gasteiger partial charge in [-0.05, 0) is 93.5 Å². The number of nitrogens with zero attached hydrogens (tertiary/aromatic N) is 2. The Morgan fingerprint density at radius 2 is 0.746 bits per heavy atom. The molecule has 3 heteroatoms. The fourth-order valence-electron chi connectivity index (χ4n) is 10.0. The lowest BCUT2D eigenvalue weighted by molar-refractivity contribution is 1.18. The minimum Gasteiger partial charge on any atom is -0.309 e. The van der Waals surface area contributed by atoms with Crippen LogP contribution in [0.15, 0.2) is 231 Å². The third-order valence-corrected chi connectivity index (χ3v) is 14.1. The van der Waals surface area contributed by atoms with Gasteiger partial charge in [0, 0.05) is 58.7 Å². The molecule has 0 bridgehead atoms. The summed E-state index contributed by atoms with van der Waals surface area (Å²) in [6.45, 7) is 0. The van der Waals surface area contributed by atoms with Crippen LogP contribution >= 0.6 is 11.3 Å². The number of para-hydroxylation sites is 4. The molecule has 3 aromatic heterocycles. The fraction of sp³-hybridized carbons (Fsp3) is 0. The van der Waals surface area contributed by atoms with E-state index in [0.29, 0.717) is 0 Å². The Labute approximate surface area is 368 Å². The predicted molar refractivity (Wildman–Crippen MR) is 270 cm³/mol. The van der Waals surface area contributed by atoms with Crippen molar-refractivity contribution in [3.05, 3.63) is 231 Å². The Morgan fingerprint density at radius 3 is 1.46 bits per heavy atom. The summed E-state index contributed by atoms with van der Waals surface area (Å²) in [5.74, 6) is 0. The topological polar surface area (TPSA) is 9.86 Å². The van der Waals surface area contributed by atoms with Gasteiger partial charge in [0.1, 0.15) is 0 Å². The summed E-state index contributed by atoms with van der Waals surface area (Å²) in [4.78, 5) is 0. The van der Waals surface area contributed by atoms with E-state index in [-0.39, 0.29) is 0 Å². The van der Waals surface area contributed by atoms with Gasteiger partial charge in [-0.25, -0.2) is 0 Å². The van der Waals surface area contributed by atoms with Crippen molar-refractivity contribution >= 4 is 75.1 Å². The van der Waals surface area contributed by atoms with Gasteiger partial charge in [-0.2, -0.15) is 0 Å². The van der Waals surface area contributed by atoms with Crippen molar-refractivity contribution in [2.24, 2.45) is 0 Å². The van der Waals surface area contributed by atoms with Gasteiger partial charge >= 0.3 is 0 Å². The molecule has 3 heterocycles. The molecule has 0 saturated heterocycles. The van der Waals surface area contributed by atoms with Crippen molar-refractivity contribution in [2.45, 2.75) is 0 Å². The molecule has 0 atom stereocenters. The molecule has 0 spiro atoms. The second-order valence-corrected chi connectivity index (χ2v) is 17.5. The molecule has 13 rings (SSSR count). The van der Waals surface area contributed by atoms with Gasteiger partial charge in [0.15, 0.2) is 0 Å². The Balaban J connectivity index is 0.857. The van der Waals surface area contributed by atoms with Crippen molar-refractivity contribution in [3.8, 4) is 55.9 Å². The van der Waals surface area contributed by atoms with Crippen LogP contribution < -0.4 is 0 Å². The summed E-state index contributed by atoms with van der Waals surface area (Å²) >= 11 is 1.87. The van der Waals surface area contributed by atoms with E-state index in [9.17, 15) is 0 Å². The maximum Gasteiger partial charge on any atom is 0.0619 e. The quantitative estimate of drug-likeness (QED) is 0.158. The van der Waals surface area contributed by atoms with Crippen LogP contribution in [0.2, 0.25) is 0 Å². The lowest BCUT2D eigenvalue weighted by Crippen LogP contribution is -1.96. The van der Waals surface area contributed by atoms with Gasteiger partial charge in [-0.3, -0.25) is 0 Å². The highest BCUT2D eigenvalue weighted by molar-refractivity contribution is 7.25. The molecule has 294 valence electrons. The molecule has 0 aliphatic carbocycles. The minimum atomic E-state index is 1.14. The van der Waals surface area contributed by atoms with Gasteiger partial charge in [-0.15, -0.1) is 11.3 Å². The van der Waals surface area contributed by atoms with Gasteiger partial charge in [0.05, 0.1) is 22.1 Å². The van der Waals surface area contributed by atoms with E-state index in [1.54, 1.807) is 0 Å². The zero-order valence-corrected chi connectivity index (χ0v) is 35.1. The van der Waals surface area contributed by atoms with Crippen molar-refractivity contribution in [3.63, 3.8) is 0 Å². The maximum atomic E-state index is 2.46. The standard InChI is InChI=1S/C60H38N2S/c1-2-12-45(13-3-1)61-55-21-8-5-16-53(55)59-50(17-11-22-56(59)61)52-19-10-18-51-47-14-4-7-20-54(47)62(60(51)52)46-35-32-42(33-36-46)41-26-24-39(25-27-41)40-28-30-43(31-29-40)44-34-37-49-48-15-6-9-23-57(48)63-58(49)38-44/h1-38H. The second-order valence-electron chi connectivity index (χ2n) is 16.5. The summed E-state index contributed by atoms with van der Waals surface area (Å²) in [6.07, 6.45) is 0. The molecule has 10 aromatic carbocycles. The van der Waals surface area contributed by atoms with Crippen LogP contribution in [-0.2, 0) is 0 Å². The molecule has 0 unspecified atom stereocenters. The van der Waals surface area contributed by atoms with E-state index >= 15 is 0 Å². The number of aromatic nitrogens is 2. The minimum absolute atomic E-state index is 1.14. The summed E-state index contributed by atoms with van der Waals surface area (Å²) in [5.41, 5.74) is 16.9. The third kappa shape index (κ3) is 5.71. The van der Waals surface area contributed by atoms with Gasteiger partial charge in [0.2, 0.25) is 0 Å². The molecule has 0 amide bonds. The SMILES string of the molecule is c1ccc(-n2c3ccccc3c3c(-c4cccc5c6ccccc6n(-c6ccc(-c7ccc(-c8ccc(-c9ccc%10c(c9)sc9ccccc9%10)cc8)cc7)cc6)c45)cccc32)cc1. The largest absolute Gasteiger partial charge is 0.309 e. The normalized spacial score (nSPS) is 11.8. The van der Waals surface area contributed by atoms with Crippen LogP contribution in [0, 0.1) is 0 Å². The lowest BCUT2D eigenvalue weighted by Gasteiger charge is -2.14. The van der Waals surface area contributed by atoms with Gasteiger partial charge in [0.25, 0.3) is 0 Å². The zero-order valence-electron chi connectivity index (χ0n) is 34.2. The predicted octanol–water partition coefficient (Wildman–Crippen LogP) is 16.9. The Morgan fingerprint density at radius 1 is 0.270 bits per heavy atom. The van der Waals surface area contributed by atoms with Crippen molar-refractivity contribution in [1.29, 1.82) is 0 Å². The summed E-state index contributed by atoms with van der Waals surface area (Å²) in [6, 6.07) is 84.5. The molecular formula is C60H38N2S. The Hall–Kier alpha value is -7.98. The molecular weight excluding hydrogens is 781 g/mol. The van der Waals surface area contributed by atoms with Crippen LogP contribution in [0.25, 0.3) is 120 Å². The number of hydrogen-bond acceptors (Lipinski definition) is 1. The maximum absolute atomic E-state index is 2.46. The highest BCUT2D eigenvalue weighted by Crippen LogP contribution is 2.44. The van der Waals surface area contributed by atoms with Crippen molar-refractivity contribution in [1.82, 2.24) is 9.13 Å². The zero-order chi connectivity index (χ0) is 41.4. The highest BCUT2D eigenvalue weighted by atomic mass is 32.1. The molecule has 13 aromatic rings. The fourth-order valence-corrected chi connectivity index (χ4v) is 11.2. The van der Waals surface area contributed by atoms with E-state index in [4.69, 9.17) is 0 Å². The molecule has 2 nitrogen and oxygen atoms in total. The third-order valence-electron chi connectivity index (χ3n) is 13.0. The van der Waals surface area contributed by atoms with Crippen molar-refractivity contribution in [2.75, 3.05) is 0 Å². The monoisotopic (exact) mass is 818 g/mol. The first kappa shape index (κ1) is 35.7. The number of benzene rings is 10. The number of rotatable bonds is 6. The molecule has 0 radical (unpaired) electrons. The first-order valence-corrected chi connectivity index (χ1v) is 22.4. The van der Waals surface area contributed by atoms with Gasteiger partial charge in [-0.1, -0.05) is 176 Å². The molecule has 0 fully saturated rings. The second kappa shape index (κ2) is 14.3. The van der Waals surface area contributed by atoms with E-state index in [2.05, 4.69) is 240 Å². The Kier molecular flexibility index (Phi) is 8.12. The summed E-state index contributed by atoms with van der Waals surface area (Å²) in [7, 11) is 0. The van der Waals surface area contributed by atoms with Crippen molar-refractivity contribution < 1.29 is 0 Å². The van der Waals surface area contributed by atoms with E-state index in [1.807, 2.05) is 11.3 Å². The summed E-state index contributed by atoms with van der Waals surface area (Å²) < 4.78 is 7.54. The average molecular weight is 819 g/mol. The van der Waals surface area contributed by atoms with Gasteiger partial charge < -0.3 is 9.13 Å². The molecule has 0 aliphatic rings. The van der Waals surface area contributed by atoms with Crippen LogP contribution in [0.1, 0.15) is 0 Å². The van der Waals surface area contributed by atoms with E-state index in [0.717, 1.165) is 11.4 Å².